The lowest BCUT2D eigenvalue weighted by molar-refractivity contribution is 0.643. The second-order valence-corrected chi connectivity index (χ2v) is 11.5. The van der Waals surface area contributed by atoms with Crippen LogP contribution in [0.4, 0.5) is 0 Å². The molecule has 0 saturated heterocycles. The van der Waals surface area contributed by atoms with E-state index in [-0.39, 0.29) is 10.8 Å². The van der Waals surface area contributed by atoms with Gasteiger partial charge in [0.2, 0.25) is 0 Å². The number of benzene rings is 4. The molecule has 2 heteroatoms. The van der Waals surface area contributed by atoms with Crippen molar-refractivity contribution >= 4 is 42.6 Å². The first-order chi connectivity index (χ1) is 14.2. The van der Waals surface area contributed by atoms with Crippen molar-refractivity contribution in [2.75, 3.05) is 0 Å². The van der Waals surface area contributed by atoms with Gasteiger partial charge in [-0.2, -0.15) is 0 Å². The summed E-state index contributed by atoms with van der Waals surface area (Å²) >= 11 is 7.41. The van der Waals surface area contributed by atoms with Gasteiger partial charge in [-0.25, -0.2) is 0 Å². The van der Waals surface area contributed by atoms with E-state index in [2.05, 4.69) is 120 Å². The van der Waals surface area contributed by atoms with Crippen LogP contribution in [0.5, 0.6) is 0 Å². The van der Waals surface area contributed by atoms with E-state index >= 15 is 0 Å². The average molecular weight is 518 g/mol. The molecule has 0 radical (unpaired) electrons. The smallest absolute Gasteiger partial charge is 0.0178 e. The Balaban J connectivity index is 1.83. The molecule has 0 nitrogen and oxygen atoms in total. The van der Waals surface area contributed by atoms with E-state index in [0.29, 0.717) is 0 Å². The summed E-state index contributed by atoms with van der Waals surface area (Å²) in [5.41, 5.74) is 11.1. The summed E-state index contributed by atoms with van der Waals surface area (Å²) < 4.78 is 2.29. The molecule has 4 aromatic carbocycles. The first-order valence-corrected chi connectivity index (χ1v) is 12.0. The Morgan fingerprint density at radius 2 is 1.17 bits per heavy atom. The van der Waals surface area contributed by atoms with Gasteiger partial charge < -0.3 is 0 Å². The van der Waals surface area contributed by atoms with Crippen LogP contribution < -0.4 is 0 Å². The molecule has 0 N–H and O–H groups in total. The molecule has 0 heterocycles. The SMILES string of the molecule is CC1(C)c2cc(Br)ccc2-c2c1cc1c3c(cccc23)C(C)(C)c2cc(Br)ccc2-1. The molecule has 0 aliphatic heterocycles. The maximum Gasteiger partial charge on any atom is 0.0178 e. The first kappa shape index (κ1) is 18.8. The Hall–Kier alpha value is -1.90. The van der Waals surface area contributed by atoms with E-state index in [0.717, 1.165) is 8.95 Å². The third-order valence-electron chi connectivity index (χ3n) is 7.38. The third-order valence-corrected chi connectivity index (χ3v) is 8.36. The minimum atomic E-state index is -0.0451. The summed E-state index contributed by atoms with van der Waals surface area (Å²) in [6, 6.07) is 22.9. The second kappa shape index (κ2) is 5.87. The fourth-order valence-corrected chi connectivity index (χ4v) is 6.53. The Kier molecular flexibility index (Phi) is 3.68. The molecule has 0 bridgehead atoms. The summed E-state index contributed by atoms with van der Waals surface area (Å²) in [5.74, 6) is 0. The van der Waals surface area contributed by atoms with Gasteiger partial charge in [0.1, 0.15) is 0 Å². The van der Waals surface area contributed by atoms with Crippen molar-refractivity contribution in [2.45, 2.75) is 38.5 Å². The van der Waals surface area contributed by atoms with Crippen LogP contribution in [0.25, 0.3) is 33.0 Å². The first-order valence-electron chi connectivity index (χ1n) is 10.4. The molecule has 30 heavy (non-hydrogen) atoms. The van der Waals surface area contributed by atoms with Crippen LogP contribution in [0.15, 0.2) is 69.6 Å². The van der Waals surface area contributed by atoms with Crippen LogP contribution in [0.2, 0.25) is 0 Å². The molecule has 0 fully saturated rings. The predicted molar refractivity (Wildman–Crippen MR) is 134 cm³/mol. The van der Waals surface area contributed by atoms with Gasteiger partial charge in [0, 0.05) is 19.8 Å². The zero-order valence-corrected chi connectivity index (χ0v) is 20.7. The van der Waals surface area contributed by atoms with E-state index in [1.807, 2.05) is 0 Å². The Labute approximate surface area is 194 Å². The Morgan fingerprint density at radius 3 is 1.87 bits per heavy atom. The highest BCUT2D eigenvalue weighted by Gasteiger charge is 2.40. The normalized spacial score (nSPS) is 16.9. The van der Waals surface area contributed by atoms with E-state index in [4.69, 9.17) is 0 Å². The molecule has 0 spiro atoms. The van der Waals surface area contributed by atoms with E-state index in [1.54, 1.807) is 0 Å². The molecule has 6 rings (SSSR count). The van der Waals surface area contributed by atoms with Crippen molar-refractivity contribution < 1.29 is 0 Å². The van der Waals surface area contributed by atoms with Crippen molar-refractivity contribution in [1.82, 2.24) is 0 Å². The van der Waals surface area contributed by atoms with Gasteiger partial charge in [0.15, 0.2) is 0 Å². The number of rotatable bonds is 0. The van der Waals surface area contributed by atoms with Crippen LogP contribution >= 0.6 is 31.9 Å². The summed E-state index contributed by atoms with van der Waals surface area (Å²) in [4.78, 5) is 0. The van der Waals surface area contributed by atoms with Gasteiger partial charge in [-0.3, -0.25) is 0 Å². The second-order valence-electron chi connectivity index (χ2n) is 9.70. The Morgan fingerprint density at radius 1 is 0.567 bits per heavy atom. The zero-order valence-electron chi connectivity index (χ0n) is 17.5. The third kappa shape index (κ3) is 2.22. The lowest BCUT2D eigenvalue weighted by Gasteiger charge is -2.36. The summed E-state index contributed by atoms with van der Waals surface area (Å²) in [6.45, 7) is 9.44. The molecule has 148 valence electrons. The van der Waals surface area contributed by atoms with E-state index in [1.165, 1.54) is 55.3 Å². The van der Waals surface area contributed by atoms with Crippen LogP contribution in [-0.4, -0.2) is 0 Å². The highest BCUT2D eigenvalue weighted by atomic mass is 79.9. The van der Waals surface area contributed by atoms with Gasteiger partial charge in [-0.1, -0.05) is 89.9 Å². The highest BCUT2D eigenvalue weighted by Crippen LogP contribution is 2.57. The van der Waals surface area contributed by atoms with Crippen molar-refractivity contribution in [1.29, 1.82) is 0 Å². The van der Waals surface area contributed by atoms with Crippen LogP contribution in [0, 0.1) is 0 Å². The minimum Gasteiger partial charge on any atom is -0.0613 e. The van der Waals surface area contributed by atoms with Crippen LogP contribution in [0.1, 0.15) is 49.9 Å². The fraction of sp³-hybridized carbons (Fsp3) is 0.214. The van der Waals surface area contributed by atoms with Gasteiger partial charge in [-0.05, 0) is 85.6 Å². The average Bonchev–Trinajstić information content (AvgIpc) is 2.93. The topological polar surface area (TPSA) is 0 Å². The lowest BCUT2D eigenvalue weighted by atomic mass is 9.67. The van der Waals surface area contributed by atoms with Crippen molar-refractivity contribution in [3.05, 3.63) is 91.9 Å². The molecule has 4 aromatic rings. The molecule has 0 amide bonds. The largest absolute Gasteiger partial charge is 0.0613 e. The summed E-state index contributed by atoms with van der Waals surface area (Å²) in [5, 5.41) is 2.80. The van der Waals surface area contributed by atoms with Gasteiger partial charge in [0.25, 0.3) is 0 Å². The fourth-order valence-electron chi connectivity index (χ4n) is 5.81. The zero-order chi connectivity index (χ0) is 21.0. The van der Waals surface area contributed by atoms with Crippen molar-refractivity contribution in [3.63, 3.8) is 0 Å². The quantitative estimate of drug-likeness (QED) is 0.218. The van der Waals surface area contributed by atoms with Crippen molar-refractivity contribution in [2.24, 2.45) is 0 Å². The number of halogens is 2. The molecule has 0 atom stereocenters. The molecular weight excluding hydrogens is 496 g/mol. The number of hydrogen-bond acceptors (Lipinski definition) is 0. The number of hydrogen-bond donors (Lipinski definition) is 0. The van der Waals surface area contributed by atoms with Gasteiger partial charge >= 0.3 is 0 Å². The molecule has 0 aromatic heterocycles. The lowest BCUT2D eigenvalue weighted by Crippen LogP contribution is -2.24. The van der Waals surface area contributed by atoms with Gasteiger partial charge in [0.05, 0.1) is 0 Å². The molecule has 2 aliphatic rings. The molecule has 0 unspecified atom stereocenters. The standard InChI is InChI=1S/C28H22Br2/c1-27(2)21-7-5-6-19-25-18-11-9-16(30)13-23(18)28(3,4)24(25)14-20(26(19)21)17-10-8-15(29)12-22(17)27/h5-14H,1-4H3. The maximum atomic E-state index is 3.71. The van der Waals surface area contributed by atoms with E-state index < -0.39 is 0 Å². The molecular formula is C28H22Br2. The number of fused-ring (bicyclic) bond motifs is 6. The summed E-state index contributed by atoms with van der Waals surface area (Å²) in [7, 11) is 0. The minimum absolute atomic E-state index is 0.0301. The summed E-state index contributed by atoms with van der Waals surface area (Å²) in [6.07, 6.45) is 0. The van der Waals surface area contributed by atoms with Crippen LogP contribution in [0.3, 0.4) is 0 Å². The Bertz CT molecular complexity index is 1410. The van der Waals surface area contributed by atoms with Gasteiger partial charge in [-0.15, -0.1) is 0 Å². The van der Waals surface area contributed by atoms with Crippen molar-refractivity contribution in [3.8, 4) is 22.3 Å². The molecule has 0 saturated carbocycles. The monoisotopic (exact) mass is 516 g/mol. The van der Waals surface area contributed by atoms with E-state index in [9.17, 15) is 0 Å². The highest BCUT2D eigenvalue weighted by molar-refractivity contribution is 9.10. The van der Waals surface area contributed by atoms with Crippen LogP contribution in [-0.2, 0) is 10.8 Å². The molecule has 2 aliphatic carbocycles. The predicted octanol–water partition coefficient (Wildman–Crippen LogP) is 8.98. The maximum absolute atomic E-state index is 3.71.